The van der Waals surface area contributed by atoms with E-state index in [4.69, 9.17) is 4.74 Å². The lowest BCUT2D eigenvalue weighted by Crippen LogP contribution is -2.47. The van der Waals surface area contributed by atoms with Gasteiger partial charge >= 0.3 is 0 Å². The number of ether oxygens (including phenoxy) is 1. The topological polar surface area (TPSA) is 84.5 Å². The second kappa shape index (κ2) is 10.2. The third-order valence-electron chi connectivity index (χ3n) is 4.27. The molecule has 0 fully saturated rings. The summed E-state index contributed by atoms with van der Waals surface area (Å²) < 4.78 is 32.7. The van der Waals surface area contributed by atoms with Crippen LogP contribution in [-0.2, 0) is 21.2 Å². The van der Waals surface area contributed by atoms with E-state index >= 15 is 0 Å². The summed E-state index contributed by atoms with van der Waals surface area (Å²) in [6.07, 6.45) is 1.61. The molecule has 0 radical (unpaired) electrons. The number of nitrogens with one attached hydrogen (secondary N) is 2. The summed E-state index contributed by atoms with van der Waals surface area (Å²) in [5.74, 6) is 0.245. The van der Waals surface area contributed by atoms with Crippen LogP contribution in [0.25, 0.3) is 0 Å². The number of hydrogen-bond donors (Lipinski definition) is 2. The van der Waals surface area contributed by atoms with Crippen LogP contribution in [0.1, 0.15) is 32.8 Å². The number of aryl methyl sites for hydroxylation is 1. The van der Waals surface area contributed by atoms with Crippen molar-refractivity contribution < 1.29 is 17.9 Å². The first kappa shape index (κ1) is 21.9. The van der Waals surface area contributed by atoms with E-state index in [9.17, 15) is 13.2 Å². The molecule has 2 N–H and O–H groups in total. The first-order valence-corrected chi connectivity index (χ1v) is 10.9. The second-order valence-electron chi connectivity index (χ2n) is 6.68. The minimum absolute atomic E-state index is 0.0647. The molecular formula is C21H28N2O4S. The minimum Gasteiger partial charge on any atom is -0.494 e. The molecule has 0 unspecified atom stereocenters. The first-order chi connectivity index (χ1) is 13.3. The molecule has 0 aliphatic rings. The van der Waals surface area contributed by atoms with E-state index in [-0.39, 0.29) is 16.8 Å². The summed E-state index contributed by atoms with van der Waals surface area (Å²) in [5, 5.41) is 2.86. The molecule has 0 bridgehead atoms. The van der Waals surface area contributed by atoms with Crippen molar-refractivity contribution in [2.45, 2.75) is 50.6 Å². The molecular weight excluding hydrogens is 376 g/mol. The Hall–Kier alpha value is -2.38. The average molecular weight is 405 g/mol. The maximum atomic E-state index is 12.5. The largest absolute Gasteiger partial charge is 0.494 e. The Labute approximate surface area is 167 Å². The van der Waals surface area contributed by atoms with Gasteiger partial charge in [-0.05, 0) is 63.4 Å². The SMILES string of the molecule is CCOc1ccc(S(=O)(=O)N[C@H](C)C(=O)N[C@H](C)CCc2ccccc2)cc1. The molecule has 1 amide bonds. The number of rotatable bonds is 10. The van der Waals surface area contributed by atoms with Gasteiger partial charge in [0.1, 0.15) is 5.75 Å². The maximum absolute atomic E-state index is 12.5. The third-order valence-corrected chi connectivity index (χ3v) is 5.82. The van der Waals surface area contributed by atoms with E-state index in [1.165, 1.54) is 24.6 Å². The van der Waals surface area contributed by atoms with Crippen LogP contribution >= 0.6 is 0 Å². The van der Waals surface area contributed by atoms with Crippen LogP contribution in [-0.4, -0.2) is 33.0 Å². The molecule has 0 aliphatic carbocycles. The van der Waals surface area contributed by atoms with Crippen molar-refractivity contribution in [3.8, 4) is 5.75 Å². The van der Waals surface area contributed by atoms with E-state index in [1.807, 2.05) is 44.2 Å². The van der Waals surface area contributed by atoms with Crippen LogP contribution in [0, 0.1) is 0 Å². The van der Waals surface area contributed by atoms with Gasteiger partial charge in [0.25, 0.3) is 0 Å². The van der Waals surface area contributed by atoms with Gasteiger partial charge in [-0.15, -0.1) is 0 Å². The number of amides is 1. The average Bonchev–Trinajstić information content (AvgIpc) is 2.67. The van der Waals surface area contributed by atoms with Gasteiger partial charge in [0, 0.05) is 6.04 Å². The summed E-state index contributed by atoms with van der Waals surface area (Å²) in [4.78, 5) is 12.4. The fourth-order valence-electron chi connectivity index (χ4n) is 2.70. The molecule has 2 aromatic carbocycles. The van der Waals surface area contributed by atoms with Crippen LogP contribution in [0.4, 0.5) is 0 Å². The predicted molar refractivity (Wildman–Crippen MR) is 110 cm³/mol. The number of sulfonamides is 1. The fourth-order valence-corrected chi connectivity index (χ4v) is 3.91. The van der Waals surface area contributed by atoms with Crippen molar-refractivity contribution >= 4 is 15.9 Å². The Bertz CT molecular complexity index is 852. The van der Waals surface area contributed by atoms with E-state index in [0.29, 0.717) is 12.4 Å². The summed E-state index contributed by atoms with van der Waals surface area (Å²) in [6.45, 7) is 5.80. The van der Waals surface area contributed by atoms with Crippen molar-refractivity contribution in [3.63, 3.8) is 0 Å². The lowest BCUT2D eigenvalue weighted by atomic mass is 10.1. The highest BCUT2D eigenvalue weighted by molar-refractivity contribution is 7.89. The highest BCUT2D eigenvalue weighted by Crippen LogP contribution is 2.16. The van der Waals surface area contributed by atoms with Crippen molar-refractivity contribution in [1.82, 2.24) is 10.0 Å². The fraction of sp³-hybridized carbons (Fsp3) is 0.381. The van der Waals surface area contributed by atoms with Gasteiger partial charge in [-0.1, -0.05) is 30.3 Å². The monoisotopic (exact) mass is 404 g/mol. The Balaban J connectivity index is 1.87. The van der Waals surface area contributed by atoms with Crippen LogP contribution in [0.5, 0.6) is 5.75 Å². The molecule has 7 heteroatoms. The molecule has 0 aromatic heterocycles. The number of carbonyl (C=O) groups is 1. The molecule has 28 heavy (non-hydrogen) atoms. The van der Waals surface area contributed by atoms with Crippen LogP contribution in [0.2, 0.25) is 0 Å². The van der Waals surface area contributed by atoms with Crippen LogP contribution < -0.4 is 14.8 Å². The summed E-state index contributed by atoms with van der Waals surface area (Å²) >= 11 is 0. The highest BCUT2D eigenvalue weighted by atomic mass is 32.2. The molecule has 0 spiro atoms. The van der Waals surface area contributed by atoms with Gasteiger partial charge in [-0.25, -0.2) is 8.42 Å². The Morgan fingerprint density at radius 2 is 1.68 bits per heavy atom. The van der Waals surface area contributed by atoms with Gasteiger partial charge in [0.2, 0.25) is 15.9 Å². The lowest BCUT2D eigenvalue weighted by molar-refractivity contribution is -0.123. The van der Waals surface area contributed by atoms with Crippen LogP contribution in [0.3, 0.4) is 0 Å². The number of benzene rings is 2. The van der Waals surface area contributed by atoms with Gasteiger partial charge in [-0.2, -0.15) is 4.72 Å². The quantitative estimate of drug-likeness (QED) is 0.638. The van der Waals surface area contributed by atoms with E-state index < -0.39 is 16.1 Å². The van der Waals surface area contributed by atoms with Crippen LogP contribution in [0.15, 0.2) is 59.5 Å². The molecule has 152 valence electrons. The number of carbonyl (C=O) groups excluding carboxylic acids is 1. The van der Waals surface area contributed by atoms with Crippen molar-refractivity contribution in [1.29, 1.82) is 0 Å². The zero-order valence-electron chi connectivity index (χ0n) is 16.5. The molecule has 0 saturated carbocycles. The van der Waals surface area contributed by atoms with Crippen molar-refractivity contribution in [2.75, 3.05) is 6.61 Å². The normalized spacial score (nSPS) is 13.5. The standard InChI is InChI=1S/C21H28N2O4S/c1-4-27-19-12-14-20(15-13-19)28(25,26)23-17(3)21(24)22-16(2)10-11-18-8-6-5-7-9-18/h5-9,12-17,23H,4,10-11H2,1-3H3,(H,22,24)/t16-,17-/m1/s1. The number of hydrogen-bond acceptors (Lipinski definition) is 4. The molecule has 2 atom stereocenters. The predicted octanol–water partition coefficient (Wildman–Crippen LogP) is 2.89. The zero-order chi connectivity index (χ0) is 20.6. The maximum Gasteiger partial charge on any atom is 0.241 e. The molecule has 6 nitrogen and oxygen atoms in total. The van der Waals surface area contributed by atoms with Crippen molar-refractivity contribution in [3.05, 3.63) is 60.2 Å². The van der Waals surface area contributed by atoms with Gasteiger partial charge < -0.3 is 10.1 Å². The summed E-state index contributed by atoms with van der Waals surface area (Å²) in [5.41, 5.74) is 1.20. The smallest absolute Gasteiger partial charge is 0.241 e. The summed E-state index contributed by atoms with van der Waals surface area (Å²) in [7, 11) is -3.79. The Morgan fingerprint density at radius 1 is 1.04 bits per heavy atom. The Kier molecular flexibility index (Phi) is 8.02. The third kappa shape index (κ3) is 6.65. The minimum atomic E-state index is -3.79. The van der Waals surface area contributed by atoms with E-state index in [2.05, 4.69) is 10.0 Å². The van der Waals surface area contributed by atoms with E-state index in [1.54, 1.807) is 12.1 Å². The van der Waals surface area contributed by atoms with E-state index in [0.717, 1.165) is 12.8 Å². The Morgan fingerprint density at radius 3 is 2.29 bits per heavy atom. The lowest BCUT2D eigenvalue weighted by Gasteiger charge is -2.19. The van der Waals surface area contributed by atoms with Crippen molar-refractivity contribution in [2.24, 2.45) is 0 Å². The zero-order valence-corrected chi connectivity index (χ0v) is 17.3. The molecule has 0 saturated heterocycles. The van der Waals surface area contributed by atoms with Gasteiger partial charge in [-0.3, -0.25) is 4.79 Å². The summed E-state index contributed by atoms with van der Waals surface area (Å²) in [6, 6.07) is 15.2. The molecule has 0 aliphatic heterocycles. The van der Waals surface area contributed by atoms with Gasteiger partial charge in [0.05, 0.1) is 17.5 Å². The highest BCUT2D eigenvalue weighted by Gasteiger charge is 2.23. The molecule has 2 aromatic rings. The molecule has 2 rings (SSSR count). The van der Waals surface area contributed by atoms with Gasteiger partial charge in [0.15, 0.2) is 0 Å². The molecule has 0 heterocycles. The first-order valence-electron chi connectivity index (χ1n) is 9.41. The second-order valence-corrected chi connectivity index (χ2v) is 8.40.